The minimum atomic E-state index is -0.565. The van der Waals surface area contributed by atoms with Gasteiger partial charge in [0.05, 0.1) is 22.5 Å². The number of amides is 1. The van der Waals surface area contributed by atoms with Crippen LogP contribution in [0.2, 0.25) is 0 Å². The van der Waals surface area contributed by atoms with Gasteiger partial charge < -0.3 is 10.6 Å². The number of anilines is 1. The third-order valence-electron chi connectivity index (χ3n) is 7.13. The van der Waals surface area contributed by atoms with Crippen LogP contribution < -0.4 is 5.73 Å². The van der Waals surface area contributed by atoms with Gasteiger partial charge in [0.1, 0.15) is 18.0 Å². The maximum Gasteiger partial charge on any atom is 0.256 e. The number of piperazine rings is 1. The van der Waals surface area contributed by atoms with E-state index in [0.717, 1.165) is 31.9 Å². The van der Waals surface area contributed by atoms with Crippen LogP contribution in [0.1, 0.15) is 53.4 Å². The van der Waals surface area contributed by atoms with Crippen LogP contribution in [0.4, 0.5) is 10.2 Å². The summed E-state index contributed by atoms with van der Waals surface area (Å²) >= 11 is 0. The fourth-order valence-electron chi connectivity index (χ4n) is 5.00. The van der Waals surface area contributed by atoms with Crippen LogP contribution in [-0.4, -0.2) is 75.0 Å². The van der Waals surface area contributed by atoms with Gasteiger partial charge in [-0.3, -0.25) is 4.79 Å². The summed E-state index contributed by atoms with van der Waals surface area (Å²) in [5.41, 5.74) is 8.90. The molecule has 1 amide bonds. The molecule has 2 N–H and O–H groups in total. The third kappa shape index (κ3) is 5.67. The Kier molecular flexibility index (Phi) is 7.91. The molecule has 0 atom stereocenters. The Hall–Kier alpha value is -3.87. The Morgan fingerprint density at radius 1 is 0.947 bits per heavy atom. The number of carbonyl (C=O) groups excluding carboxylic acids is 1. The van der Waals surface area contributed by atoms with Crippen molar-refractivity contribution < 1.29 is 9.18 Å². The van der Waals surface area contributed by atoms with E-state index in [-0.39, 0.29) is 11.5 Å². The predicted octanol–water partition coefficient (Wildman–Crippen LogP) is 3.38. The van der Waals surface area contributed by atoms with Crippen molar-refractivity contribution in [3.05, 3.63) is 71.1 Å². The topological polar surface area (TPSA) is 91.5 Å². The molecule has 4 heterocycles. The van der Waals surface area contributed by atoms with E-state index in [1.807, 2.05) is 6.92 Å². The largest absolute Gasteiger partial charge is 0.384 e. The highest BCUT2D eigenvalue weighted by atomic mass is 19.1. The van der Waals surface area contributed by atoms with Crippen molar-refractivity contribution >= 4 is 11.7 Å². The summed E-state index contributed by atoms with van der Waals surface area (Å²) in [7, 11) is 0. The molecule has 5 rings (SSSR count). The molecule has 0 unspecified atom stereocenters. The number of benzene rings is 1. The van der Waals surface area contributed by atoms with Crippen molar-refractivity contribution in [3.8, 4) is 23.1 Å². The standard InChI is InChI=1S/C29H32FN7O/c1-2-26-24(9-6-21-7-11-27(31)32-19-21)28(34-20-33-26)22-8-10-23(25(30)18-22)29(38)35-14-16-37(17-15-35)36-12-4-3-5-13-36/h7-8,10-11,18-20H,2-5,12-17H2,1H3,(H2,31,32). The monoisotopic (exact) mass is 513 g/mol. The number of carbonyl (C=O) groups is 1. The van der Waals surface area contributed by atoms with Crippen LogP contribution in [0.3, 0.4) is 0 Å². The SMILES string of the molecule is CCc1ncnc(-c2ccc(C(=O)N3CCN(N4CCCCC4)CC3)c(F)c2)c1C#Cc1ccc(N)nc1. The summed E-state index contributed by atoms with van der Waals surface area (Å²) in [6, 6.07) is 8.13. The Balaban J connectivity index is 1.35. The van der Waals surface area contributed by atoms with Crippen LogP contribution in [0.15, 0.2) is 42.9 Å². The van der Waals surface area contributed by atoms with Gasteiger partial charge >= 0.3 is 0 Å². The number of aromatic nitrogens is 3. The zero-order chi connectivity index (χ0) is 26.5. The van der Waals surface area contributed by atoms with Gasteiger partial charge in [0, 0.05) is 56.6 Å². The van der Waals surface area contributed by atoms with Crippen LogP contribution in [-0.2, 0) is 6.42 Å². The first-order chi connectivity index (χ1) is 18.5. The maximum absolute atomic E-state index is 15.3. The van der Waals surface area contributed by atoms with Crippen LogP contribution in [0.25, 0.3) is 11.3 Å². The lowest BCUT2D eigenvalue weighted by atomic mass is 10.0. The fraction of sp³-hybridized carbons (Fsp3) is 0.379. The van der Waals surface area contributed by atoms with Crippen molar-refractivity contribution in [3.63, 3.8) is 0 Å². The number of hydrazine groups is 1. The number of nitrogens with two attached hydrogens (primary N) is 1. The van der Waals surface area contributed by atoms with Gasteiger partial charge in [-0.25, -0.2) is 29.4 Å². The first kappa shape index (κ1) is 25.8. The number of nitrogen functional groups attached to an aromatic ring is 1. The van der Waals surface area contributed by atoms with E-state index in [1.165, 1.54) is 31.7 Å². The molecule has 0 saturated carbocycles. The number of pyridine rings is 1. The lowest BCUT2D eigenvalue weighted by molar-refractivity contribution is -0.0635. The molecule has 2 fully saturated rings. The maximum atomic E-state index is 15.3. The molecule has 0 bridgehead atoms. The minimum Gasteiger partial charge on any atom is -0.384 e. The smallest absolute Gasteiger partial charge is 0.256 e. The molecule has 196 valence electrons. The molecule has 2 aromatic heterocycles. The van der Waals surface area contributed by atoms with E-state index >= 15 is 4.39 Å². The Morgan fingerprint density at radius 2 is 1.71 bits per heavy atom. The van der Waals surface area contributed by atoms with Crippen molar-refractivity contribution in [2.75, 3.05) is 45.0 Å². The fourth-order valence-corrected chi connectivity index (χ4v) is 5.00. The second-order valence-electron chi connectivity index (χ2n) is 9.57. The zero-order valence-corrected chi connectivity index (χ0v) is 21.7. The second kappa shape index (κ2) is 11.7. The molecule has 8 nitrogen and oxygen atoms in total. The molecular formula is C29H32FN7O. The number of rotatable bonds is 4. The summed E-state index contributed by atoms with van der Waals surface area (Å²) in [6.45, 7) is 6.86. The molecule has 3 aromatic rings. The summed E-state index contributed by atoms with van der Waals surface area (Å²) in [5.74, 6) is 5.80. The van der Waals surface area contributed by atoms with Gasteiger partial charge in [0.15, 0.2) is 0 Å². The van der Waals surface area contributed by atoms with E-state index in [2.05, 4.69) is 36.8 Å². The predicted molar refractivity (Wildman–Crippen MR) is 144 cm³/mol. The second-order valence-corrected chi connectivity index (χ2v) is 9.57. The molecule has 0 spiro atoms. The number of aryl methyl sites for hydroxylation is 1. The van der Waals surface area contributed by atoms with Crippen LogP contribution in [0.5, 0.6) is 0 Å². The van der Waals surface area contributed by atoms with Crippen molar-refractivity contribution in [2.45, 2.75) is 32.6 Å². The summed E-state index contributed by atoms with van der Waals surface area (Å²) in [6.07, 6.45) is 7.42. The third-order valence-corrected chi connectivity index (χ3v) is 7.13. The van der Waals surface area contributed by atoms with Gasteiger partial charge in [-0.1, -0.05) is 31.3 Å². The summed E-state index contributed by atoms with van der Waals surface area (Å²) in [5, 5.41) is 4.74. The van der Waals surface area contributed by atoms with Gasteiger partial charge in [0.25, 0.3) is 5.91 Å². The van der Waals surface area contributed by atoms with E-state index < -0.39 is 5.82 Å². The van der Waals surface area contributed by atoms with Crippen molar-refractivity contribution in [1.82, 2.24) is 29.9 Å². The average molecular weight is 514 g/mol. The quantitative estimate of drug-likeness (QED) is 0.535. The molecule has 2 aliphatic rings. The van der Waals surface area contributed by atoms with Gasteiger partial charge in [-0.05, 0) is 43.5 Å². The number of hydrogen-bond donors (Lipinski definition) is 1. The molecule has 2 saturated heterocycles. The van der Waals surface area contributed by atoms with Gasteiger partial charge in [0.2, 0.25) is 0 Å². The average Bonchev–Trinajstić information content (AvgIpc) is 2.97. The molecular weight excluding hydrogens is 481 g/mol. The van der Waals surface area contributed by atoms with Gasteiger partial charge in [-0.15, -0.1) is 0 Å². The van der Waals surface area contributed by atoms with Gasteiger partial charge in [-0.2, -0.15) is 0 Å². The van der Waals surface area contributed by atoms with Crippen molar-refractivity contribution in [1.29, 1.82) is 0 Å². The van der Waals surface area contributed by atoms with Crippen LogP contribution >= 0.6 is 0 Å². The summed E-state index contributed by atoms with van der Waals surface area (Å²) < 4.78 is 15.3. The molecule has 2 aliphatic heterocycles. The first-order valence-electron chi connectivity index (χ1n) is 13.2. The van der Waals surface area contributed by atoms with E-state index in [9.17, 15) is 4.79 Å². The molecule has 0 radical (unpaired) electrons. The highest BCUT2D eigenvalue weighted by Crippen LogP contribution is 2.26. The number of halogens is 1. The lowest BCUT2D eigenvalue weighted by Gasteiger charge is -2.42. The Labute approximate surface area is 222 Å². The van der Waals surface area contributed by atoms with Crippen molar-refractivity contribution in [2.24, 2.45) is 0 Å². The molecule has 38 heavy (non-hydrogen) atoms. The Bertz CT molecular complexity index is 1350. The number of piperidine rings is 1. The van der Waals surface area contributed by atoms with E-state index in [4.69, 9.17) is 5.73 Å². The Morgan fingerprint density at radius 3 is 2.39 bits per heavy atom. The molecule has 1 aromatic carbocycles. The highest BCUT2D eigenvalue weighted by Gasteiger charge is 2.27. The molecule has 0 aliphatic carbocycles. The van der Waals surface area contributed by atoms with E-state index in [1.54, 1.807) is 35.4 Å². The van der Waals surface area contributed by atoms with Crippen LogP contribution in [0, 0.1) is 17.7 Å². The molecule has 9 heteroatoms. The number of nitrogens with zero attached hydrogens (tertiary/aromatic N) is 6. The highest BCUT2D eigenvalue weighted by molar-refractivity contribution is 5.95. The number of hydrogen-bond acceptors (Lipinski definition) is 7. The zero-order valence-electron chi connectivity index (χ0n) is 21.7. The lowest BCUT2D eigenvalue weighted by Crippen LogP contribution is -2.56. The normalized spacial score (nSPS) is 16.6. The summed E-state index contributed by atoms with van der Waals surface area (Å²) in [4.78, 5) is 27.8. The minimum absolute atomic E-state index is 0.0746. The first-order valence-corrected chi connectivity index (χ1v) is 13.2. The van der Waals surface area contributed by atoms with E-state index in [0.29, 0.717) is 47.7 Å².